The van der Waals surface area contributed by atoms with Gasteiger partial charge in [0.25, 0.3) is 0 Å². The molecule has 190 valence electrons. The fourth-order valence-electron chi connectivity index (χ4n) is 4.73. The average Bonchev–Trinajstić information content (AvgIpc) is 2.79. The van der Waals surface area contributed by atoms with Gasteiger partial charge in [-0.05, 0) is 17.5 Å². The van der Waals surface area contributed by atoms with Crippen molar-refractivity contribution in [1.29, 1.82) is 0 Å². The van der Waals surface area contributed by atoms with Crippen LogP contribution in [0.1, 0.15) is 88.7 Å². The smallest absolute Gasteiger partial charge is 0.748 e. The largest absolute Gasteiger partial charge is 1.00 e. The molecule has 0 aliphatic carbocycles. The Kier molecular flexibility index (Phi) is 19.6. The Morgan fingerprint density at radius 2 is 1.00 bits per heavy atom. The fourth-order valence-corrected chi connectivity index (χ4v) is 7.86. The van der Waals surface area contributed by atoms with Crippen molar-refractivity contribution in [1.82, 2.24) is 0 Å². The second-order valence-corrected chi connectivity index (χ2v) is 12.0. The van der Waals surface area contributed by atoms with E-state index in [4.69, 9.17) is 0 Å². The SMILES string of the molecule is CCCCCCCCCCCCC(C(c1ccccc1)(c1ccccc1)S(=O)(=O)[O-])S(=O)(=O)[O-].[K+].[K+]. The van der Waals surface area contributed by atoms with Gasteiger partial charge in [0.05, 0.1) is 15.4 Å². The summed E-state index contributed by atoms with van der Waals surface area (Å²) in [7, 11) is -10.4. The van der Waals surface area contributed by atoms with Gasteiger partial charge >= 0.3 is 103 Å². The van der Waals surface area contributed by atoms with E-state index in [2.05, 4.69) is 6.92 Å². The van der Waals surface area contributed by atoms with Crippen LogP contribution in [0.3, 0.4) is 0 Å². The van der Waals surface area contributed by atoms with Gasteiger partial charge in [0.15, 0.2) is 0 Å². The molecular formula is C26H36K2O6S2. The summed E-state index contributed by atoms with van der Waals surface area (Å²) in [6, 6.07) is 15.0. The van der Waals surface area contributed by atoms with Gasteiger partial charge in [0.1, 0.15) is 14.9 Å². The van der Waals surface area contributed by atoms with E-state index in [0.29, 0.717) is 12.8 Å². The first-order valence-electron chi connectivity index (χ1n) is 12.2. The maximum Gasteiger partial charge on any atom is 1.00 e. The first kappa shape index (κ1) is 37.5. The maximum absolute atomic E-state index is 12.9. The number of unbranched alkanes of at least 4 members (excludes halogenated alkanes) is 9. The zero-order valence-corrected chi connectivity index (χ0v) is 29.8. The van der Waals surface area contributed by atoms with Crippen LogP contribution in [0.25, 0.3) is 0 Å². The van der Waals surface area contributed by atoms with Crippen molar-refractivity contribution in [3.8, 4) is 0 Å². The van der Waals surface area contributed by atoms with E-state index in [1.807, 2.05) is 0 Å². The molecule has 6 nitrogen and oxygen atoms in total. The fraction of sp³-hybridized carbons (Fsp3) is 0.538. The van der Waals surface area contributed by atoms with E-state index in [-0.39, 0.29) is 120 Å². The molecule has 0 radical (unpaired) electrons. The van der Waals surface area contributed by atoms with E-state index in [0.717, 1.165) is 25.7 Å². The van der Waals surface area contributed by atoms with Crippen LogP contribution in [0, 0.1) is 0 Å². The Labute approximate surface area is 303 Å². The zero-order valence-electron chi connectivity index (χ0n) is 21.9. The summed E-state index contributed by atoms with van der Waals surface area (Å²) < 4.78 is 73.6. The molecule has 0 fully saturated rings. The number of hydrogen-bond donors (Lipinski definition) is 0. The summed E-state index contributed by atoms with van der Waals surface area (Å²) in [4.78, 5) is 0. The third-order valence-electron chi connectivity index (χ3n) is 6.42. The van der Waals surface area contributed by atoms with Gasteiger partial charge in [0.2, 0.25) is 0 Å². The van der Waals surface area contributed by atoms with Crippen LogP contribution in [0.2, 0.25) is 0 Å². The average molecular weight is 587 g/mol. The van der Waals surface area contributed by atoms with Gasteiger partial charge in [0, 0.05) is 0 Å². The first-order valence-corrected chi connectivity index (χ1v) is 15.0. The van der Waals surface area contributed by atoms with Gasteiger partial charge in [-0.1, -0.05) is 132 Å². The molecule has 0 saturated carbocycles. The zero-order chi connectivity index (χ0) is 25.1. The standard InChI is InChI=1S/C26H38O6S2.2K/c1-2-3-4-5-6-7-8-9-10-17-22-25(33(27,28)29)26(34(30,31)32,23-18-13-11-14-19-23)24-20-15-12-16-21-24;;/h11-16,18-21,25H,2-10,17,22H2,1H3,(H,27,28,29)(H,30,31,32);;/q;2*+1/p-2. The molecule has 1 unspecified atom stereocenters. The van der Waals surface area contributed by atoms with E-state index >= 15 is 0 Å². The molecule has 0 aliphatic heterocycles. The second kappa shape index (κ2) is 18.8. The van der Waals surface area contributed by atoms with Gasteiger partial charge in [-0.3, -0.25) is 0 Å². The van der Waals surface area contributed by atoms with Crippen molar-refractivity contribution in [2.24, 2.45) is 0 Å². The summed E-state index contributed by atoms with van der Waals surface area (Å²) >= 11 is 0. The van der Waals surface area contributed by atoms with E-state index < -0.39 is 30.2 Å². The molecule has 0 aromatic heterocycles. The summed E-state index contributed by atoms with van der Waals surface area (Å²) in [5.41, 5.74) is -0.0135. The Bertz CT molecular complexity index is 1020. The van der Waals surface area contributed by atoms with Crippen LogP contribution >= 0.6 is 0 Å². The van der Waals surface area contributed by atoms with Crippen molar-refractivity contribution in [3.63, 3.8) is 0 Å². The third-order valence-corrected chi connectivity index (χ3v) is 9.40. The normalized spacial score (nSPS) is 12.9. The molecule has 0 spiro atoms. The van der Waals surface area contributed by atoms with Crippen molar-refractivity contribution >= 4 is 20.2 Å². The summed E-state index contributed by atoms with van der Waals surface area (Å²) in [5, 5.41) is -1.93. The van der Waals surface area contributed by atoms with Crippen LogP contribution in [0.5, 0.6) is 0 Å². The molecule has 0 aliphatic rings. The van der Waals surface area contributed by atoms with Crippen LogP contribution < -0.4 is 103 Å². The van der Waals surface area contributed by atoms with E-state index in [1.165, 1.54) is 74.2 Å². The minimum atomic E-state index is -5.31. The molecule has 1 atom stereocenters. The molecule has 2 rings (SSSR count). The Morgan fingerprint density at radius 3 is 1.33 bits per heavy atom. The second-order valence-electron chi connectivity index (χ2n) is 8.87. The quantitative estimate of drug-likeness (QED) is 0.152. The van der Waals surface area contributed by atoms with Gasteiger partial charge in [-0.15, -0.1) is 0 Å². The van der Waals surface area contributed by atoms with Crippen molar-refractivity contribution < 1.29 is 129 Å². The van der Waals surface area contributed by atoms with Gasteiger partial charge in [-0.25, -0.2) is 16.8 Å². The Morgan fingerprint density at radius 1 is 0.639 bits per heavy atom. The molecular weight excluding hydrogens is 551 g/mol. The van der Waals surface area contributed by atoms with Gasteiger partial charge < -0.3 is 9.11 Å². The van der Waals surface area contributed by atoms with Crippen LogP contribution in [-0.2, 0) is 25.0 Å². The number of rotatable bonds is 16. The molecule has 0 N–H and O–H groups in total. The summed E-state index contributed by atoms with van der Waals surface area (Å²) in [6.45, 7) is 2.18. The predicted octanol–water partition coefficient (Wildman–Crippen LogP) is -0.292. The summed E-state index contributed by atoms with van der Waals surface area (Å²) in [6.07, 6.45) is 9.85. The molecule has 2 aromatic rings. The Balaban J connectivity index is 0.00000612. The summed E-state index contributed by atoms with van der Waals surface area (Å²) in [5.74, 6) is 0. The topological polar surface area (TPSA) is 114 Å². The van der Waals surface area contributed by atoms with Crippen molar-refractivity contribution in [2.75, 3.05) is 0 Å². The minimum Gasteiger partial charge on any atom is -0.748 e. The maximum atomic E-state index is 12.9. The monoisotopic (exact) mass is 586 g/mol. The van der Waals surface area contributed by atoms with Crippen molar-refractivity contribution in [3.05, 3.63) is 71.8 Å². The predicted molar refractivity (Wildman–Crippen MR) is 133 cm³/mol. The Hall–Kier alpha value is 1.53. The number of benzene rings is 2. The third kappa shape index (κ3) is 10.8. The molecule has 36 heavy (non-hydrogen) atoms. The van der Waals surface area contributed by atoms with Crippen molar-refractivity contribution in [2.45, 2.75) is 87.5 Å². The molecule has 0 saturated heterocycles. The van der Waals surface area contributed by atoms with Gasteiger partial charge in [-0.2, -0.15) is 0 Å². The van der Waals surface area contributed by atoms with Crippen LogP contribution in [0.4, 0.5) is 0 Å². The van der Waals surface area contributed by atoms with E-state index in [1.54, 1.807) is 12.1 Å². The van der Waals surface area contributed by atoms with Crippen LogP contribution in [0.15, 0.2) is 60.7 Å². The van der Waals surface area contributed by atoms with E-state index in [9.17, 15) is 25.9 Å². The molecule has 2 aromatic carbocycles. The minimum absolute atomic E-state index is 0. The molecule has 0 heterocycles. The molecule has 0 bridgehead atoms. The van der Waals surface area contributed by atoms with Crippen LogP contribution in [-0.4, -0.2) is 31.2 Å². The molecule has 10 heteroatoms. The number of hydrogen-bond acceptors (Lipinski definition) is 6. The molecule has 0 amide bonds. The first-order chi connectivity index (χ1) is 16.2.